The summed E-state index contributed by atoms with van der Waals surface area (Å²) in [5.41, 5.74) is 2.73. The Hall–Kier alpha value is -1.38. The van der Waals surface area contributed by atoms with Gasteiger partial charge in [0, 0.05) is 0 Å². The van der Waals surface area contributed by atoms with Crippen molar-refractivity contribution in [1.82, 2.24) is 5.32 Å². The van der Waals surface area contributed by atoms with Gasteiger partial charge in [-0.3, -0.25) is 0 Å². The fraction of sp³-hybridized carbons (Fsp3) is 0.412. The molecule has 0 spiro atoms. The van der Waals surface area contributed by atoms with Crippen molar-refractivity contribution in [2.75, 3.05) is 13.1 Å². The lowest BCUT2D eigenvalue weighted by Gasteiger charge is -2.33. The van der Waals surface area contributed by atoms with Crippen molar-refractivity contribution in [2.45, 2.75) is 32.3 Å². The molecule has 1 aliphatic rings. The predicted octanol–water partition coefficient (Wildman–Crippen LogP) is 3.32. The van der Waals surface area contributed by atoms with Crippen LogP contribution >= 0.6 is 0 Å². The first-order chi connectivity index (χ1) is 9.19. The van der Waals surface area contributed by atoms with E-state index in [9.17, 15) is 5.11 Å². The van der Waals surface area contributed by atoms with Gasteiger partial charge in [0.05, 0.1) is 5.60 Å². The number of benzene rings is 1. The Balaban J connectivity index is 2.39. The third-order valence-electron chi connectivity index (χ3n) is 3.75. The van der Waals surface area contributed by atoms with Crippen LogP contribution in [0.4, 0.5) is 0 Å². The molecule has 1 aromatic rings. The van der Waals surface area contributed by atoms with Crippen molar-refractivity contribution in [3.8, 4) is 0 Å². The third-order valence-corrected chi connectivity index (χ3v) is 3.75. The van der Waals surface area contributed by atoms with Crippen molar-refractivity contribution in [3.05, 3.63) is 47.0 Å². The smallest absolute Gasteiger partial charge is 0.0920 e. The minimum absolute atomic E-state index is 0.671. The van der Waals surface area contributed by atoms with E-state index in [-0.39, 0.29) is 0 Å². The van der Waals surface area contributed by atoms with Crippen LogP contribution < -0.4 is 5.32 Å². The van der Waals surface area contributed by atoms with E-state index in [1.54, 1.807) is 0 Å². The summed E-state index contributed by atoms with van der Waals surface area (Å²) < 4.78 is 0. The lowest BCUT2D eigenvalue weighted by atomic mass is 9.83. The van der Waals surface area contributed by atoms with Crippen LogP contribution in [-0.2, 0) is 5.60 Å². The van der Waals surface area contributed by atoms with Crippen LogP contribution in [0.2, 0.25) is 0 Å². The zero-order valence-electron chi connectivity index (χ0n) is 11.8. The van der Waals surface area contributed by atoms with Crippen molar-refractivity contribution in [3.63, 3.8) is 0 Å². The Labute approximate surface area is 115 Å². The first kappa shape index (κ1) is 14.0. The van der Waals surface area contributed by atoms with Crippen LogP contribution in [-0.4, -0.2) is 18.2 Å². The minimum atomic E-state index is -0.671. The Kier molecular flexibility index (Phi) is 4.56. The van der Waals surface area contributed by atoms with Gasteiger partial charge in [0.1, 0.15) is 0 Å². The Morgan fingerprint density at radius 2 is 1.68 bits per heavy atom. The first-order valence-electron chi connectivity index (χ1n) is 7.02. The van der Waals surface area contributed by atoms with Crippen LogP contribution in [0.25, 0.3) is 12.2 Å². The quantitative estimate of drug-likeness (QED) is 0.870. The molecule has 1 saturated heterocycles. The van der Waals surface area contributed by atoms with Crippen molar-refractivity contribution < 1.29 is 5.11 Å². The number of allylic oxidation sites excluding steroid dienone is 2. The Morgan fingerprint density at radius 1 is 1.05 bits per heavy atom. The van der Waals surface area contributed by atoms with E-state index in [4.69, 9.17) is 0 Å². The summed E-state index contributed by atoms with van der Waals surface area (Å²) in [7, 11) is 0. The normalized spacial score (nSPS) is 19.3. The molecule has 0 aromatic heterocycles. The van der Waals surface area contributed by atoms with Crippen LogP contribution in [0.3, 0.4) is 0 Å². The van der Waals surface area contributed by atoms with Gasteiger partial charge in [-0.1, -0.05) is 36.4 Å². The highest BCUT2D eigenvalue weighted by Crippen LogP contribution is 2.32. The SMILES string of the molecule is C/C=C\c1ccc(C2(O)CCNCC2)cc1/C=C\C. The fourth-order valence-corrected chi connectivity index (χ4v) is 2.65. The van der Waals surface area contributed by atoms with E-state index in [0.29, 0.717) is 0 Å². The zero-order valence-corrected chi connectivity index (χ0v) is 11.8. The Morgan fingerprint density at radius 3 is 2.32 bits per heavy atom. The second-order valence-electron chi connectivity index (χ2n) is 5.13. The molecule has 19 heavy (non-hydrogen) atoms. The molecule has 2 rings (SSSR count). The highest BCUT2D eigenvalue weighted by Gasteiger charge is 2.31. The van der Waals surface area contributed by atoms with E-state index in [0.717, 1.165) is 31.5 Å². The number of rotatable bonds is 3. The van der Waals surface area contributed by atoms with Crippen LogP contribution in [0.15, 0.2) is 30.4 Å². The molecule has 2 N–H and O–H groups in total. The molecule has 0 atom stereocenters. The van der Waals surface area contributed by atoms with Crippen molar-refractivity contribution in [1.29, 1.82) is 0 Å². The highest BCUT2D eigenvalue weighted by atomic mass is 16.3. The summed E-state index contributed by atoms with van der Waals surface area (Å²) in [5.74, 6) is 0. The van der Waals surface area contributed by atoms with Crippen LogP contribution in [0, 0.1) is 0 Å². The van der Waals surface area contributed by atoms with Crippen molar-refractivity contribution in [2.24, 2.45) is 0 Å². The average molecular weight is 257 g/mol. The molecule has 0 unspecified atom stereocenters. The number of hydrogen-bond donors (Lipinski definition) is 2. The first-order valence-corrected chi connectivity index (χ1v) is 7.02. The lowest BCUT2D eigenvalue weighted by molar-refractivity contribution is 0.00592. The predicted molar refractivity (Wildman–Crippen MR) is 81.9 cm³/mol. The van der Waals surface area contributed by atoms with Gasteiger partial charge in [-0.2, -0.15) is 0 Å². The van der Waals surface area contributed by atoms with Crippen LogP contribution in [0.5, 0.6) is 0 Å². The highest BCUT2D eigenvalue weighted by molar-refractivity contribution is 5.66. The number of piperidine rings is 1. The monoisotopic (exact) mass is 257 g/mol. The van der Waals surface area contributed by atoms with Gasteiger partial charge in [-0.05, 0) is 62.5 Å². The zero-order chi connectivity index (χ0) is 13.7. The average Bonchev–Trinajstić information content (AvgIpc) is 2.42. The molecule has 0 aliphatic carbocycles. The molecule has 0 radical (unpaired) electrons. The Bertz CT molecular complexity index is 482. The molecule has 102 valence electrons. The standard InChI is InChI=1S/C17H23NO/c1-3-5-14-7-8-16(13-15(14)6-4-2)17(19)9-11-18-12-10-17/h3-8,13,18-19H,9-12H2,1-2H3/b5-3-,6-4-. The van der Waals surface area contributed by atoms with Gasteiger partial charge in [-0.25, -0.2) is 0 Å². The van der Waals surface area contributed by atoms with Gasteiger partial charge >= 0.3 is 0 Å². The van der Waals surface area contributed by atoms with Crippen molar-refractivity contribution >= 4 is 12.2 Å². The second-order valence-corrected chi connectivity index (χ2v) is 5.13. The van der Waals surface area contributed by atoms with E-state index >= 15 is 0 Å². The molecule has 2 nitrogen and oxygen atoms in total. The second kappa shape index (κ2) is 6.18. The minimum Gasteiger partial charge on any atom is -0.385 e. The maximum absolute atomic E-state index is 10.8. The lowest BCUT2D eigenvalue weighted by Crippen LogP contribution is -2.39. The van der Waals surface area contributed by atoms with Gasteiger partial charge in [0.15, 0.2) is 0 Å². The molecule has 1 heterocycles. The maximum atomic E-state index is 10.8. The number of nitrogens with one attached hydrogen (secondary N) is 1. The molecule has 0 bridgehead atoms. The van der Waals surface area contributed by atoms with Gasteiger partial charge < -0.3 is 10.4 Å². The summed E-state index contributed by atoms with van der Waals surface area (Å²) in [5, 5.41) is 14.1. The van der Waals surface area contributed by atoms with Crippen LogP contribution in [0.1, 0.15) is 43.4 Å². The number of aliphatic hydroxyl groups is 1. The van der Waals surface area contributed by atoms with E-state index in [1.165, 1.54) is 11.1 Å². The number of hydrogen-bond acceptors (Lipinski definition) is 2. The molecule has 0 amide bonds. The molecule has 0 saturated carbocycles. The summed E-state index contributed by atoms with van der Waals surface area (Å²) in [6, 6.07) is 6.29. The molecular weight excluding hydrogens is 234 g/mol. The molecular formula is C17H23NO. The summed E-state index contributed by atoms with van der Waals surface area (Å²) in [6.07, 6.45) is 9.85. The molecule has 2 heteroatoms. The molecule has 1 aliphatic heterocycles. The summed E-state index contributed by atoms with van der Waals surface area (Å²) >= 11 is 0. The van der Waals surface area contributed by atoms with E-state index in [2.05, 4.69) is 35.7 Å². The van der Waals surface area contributed by atoms with Gasteiger partial charge in [-0.15, -0.1) is 0 Å². The molecule has 1 fully saturated rings. The summed E-state index contributed by atoms with van der Waals surface area (Å²) in [6.45, 7) is 5.80. The topological polar surface area (TPSA) is 32.3 Å². The van der Waals surface area contributed by atoms with Gasteiger partial charge in [0.2, 0.25) is 0 Å². The largest absolute Gasteiger partial charge is 0.385 e. The van der Waals surface area contributed by atoms with E-state index < -0.39 is 5.60 Å². The van der Waals surface area contributed by atoms with Gasteiger partial charge in [0.25, 0.3) is 0 Å². The van der Waals surface area contributed by atoms with E-state index in [1.807, 2.05) is 26.0 Å². The maximum Gasteiger partial charge on any atom is 0.0920 e. The third kappa shape index (κ3) is 3.14. The fourth-order valence-electron chi connectivity index (χ4n) is 2.65. The summed E-state index contributed by atoms with van der Waals surface area (Å²) in [4.78, 5) is 0. The molecule has 1 aromatic carbocycles.